The van der Waals surface area contributed by atoms with Gasteiger partial charge in [-0.3, -0.25) is 9.59 Å². The van der Waals surface area contributed by atoms with Crippen LogP contribution >= 0.6 is 0 Å². The van der Waals surface area contributed by atoms with Crippen molar-refractivity contribution >= 4 is 17.4 Å². The number of rotatable bonds is 2. The Morgan fingerprint density at radius 1 is 1.26 bits per heavy atom. The summed E-state index contributed by atoms with van der Waals surface area (Å²) < 4.78 is 0. The van der Waals surface area contributed by atoms with Crippen LogP contribution in [0.25, 0.3) is 0 Å². The van der Waals surface area contributed by atoms with Gasteiger partial charge in [0.1, 0.15) is 0 Å². The Morgan fingerprint density at radius 2 is 1.95 bits per heavy atom. The molecule has 1 aromatic carbocycles. The Morgan fingerprint density at radius 3 is 2.58 bits per heavy atom. The predicted molar refractivity (Wildman–Crippen MR) is 75.5 cm³/mol. The number of carbonyl (C=O) groups is 2. The van der Waals surface area contributed by atoms with Crippen LogP contribution < -0.4 is 10.2 Å². The first-order chi connectivity index (χ1) is 9.09. The molecule has 1 atom stereocenters. The highest BCUT2D eigenvalue weighted by Crippen LogP contribution is 2.18. The molecule has 1 aromatic rings. The van der Waals surface area contributed by atoms with Crippen LogP contribution in [0.5, 0.6) is 0 Å². The number of ketones is 1. The monoisotopic (exact) mass is 260 g/mol. The van der Waals surface area contributed by atoms with Crippen LogP contribution in [0.3, 0.4) is 0 Å². The van der Waals surface area contributed by atoms with Gasteiger partial charge in [-0.05, 0) is 57.5 Å². The Kier molecular flexibility index (Phi) is 4.32. The van der Waals surface area contributed by atoms with E-state index in [-0.39, 0.29) is 17.7 Å². The molecule has 0 spiro atoms. The lowest BCUT2D eigenvalue weighted by Gasteiger charge is -2.29. The third-order valence-corrected chi connectivity index (χ3v) is 3.48. The van der Waals surface area contributed by atoms with Crippen LogP contribution in [0.1, 0.15) is 37.0 Å². The van der Waals surface area contributed by atoms with Crippen molar-refractivity contribution in [3.63, 3.8) is 0 Å². The average Bonchev–Trinajstić information content (AvgIpc) is 2.40. The molecule has 0 radical (unpaired) electrons. The zero-order valence-electron chi connectivity index (χ0n) is 11.5. The molecule has 1 aliphatic rings. The molecule has 0 aliphatic carbocycles. The third-order valence-electron chi connectivity index (χ3n) is 3.48. The number of anilines is 1. The largest absolute Gasteiger partial charge is 0.311 e. The highest BCUT2D eigenvalue weighted by atomic mass is 16.2. The van der Waals surface area contributed by atoms with Crippen molar-refractivity contribution in [2.24, 2.45) is 0 Å². The molecule has 1 unspecified atom stereocenters. The molecule has 4 heteroatoms. The number of Topliss-reactive ketones (excluding diaryl/α,β-unsaturated/α-hetero) is 1. The van der Waals surface area contributed by atoms with Crippen molar-refractivity contribution in [2.75, 3.05) is 18.0 Å². The van der Waals surface area contributed by atoms with Gasteiger partial charge in [0, 0.05) is 17.8 Å². The van der Waals surface area contributed by atoms with E-state index in [9.17, 15) is 9.59 Å². The molecule has 1 heterocycles. The SMILES string of the molecule is CC(=O)c1ccc(N2CCCCNC(C)C2=O)cc1. The Labute approximate surface area is 113 Å². The van der Waals surface area contributed by atoms with E-state index in [1.807, 2.05) is 19.1 Å². The zero-order valence-corrected chi connectivity index (χ0v) is 11.5. The topological polar surface area (TPSA) is 49.4 Å². The van der Waals surface area contributed by atoms with Crippen LogP contribution in [0, 0.1) is 0 Å². The Bertz CT molecular complexity index is 468. The molecule has 0 bridgehead atoms. The number of carbonyl (C=O) groups excluding carboxylic acids is 2. The van der Waals surface area contributed by atoms with Crippen LogP contribution in [-0.4, -0.2) is 30.8 Å². The summed E-state index contributed by atoms with van der Waals surface area (Å²) in [5.74, 6) is 0.135. The summed E-state index contributed by atoms with van der Waals surface area (Å²) in [6, 6.07) is 7.10. The van der Waals surface area contributed by atoms with Gasteiger partial charge in [0.25, 0.3) is 0 Å². The van der Waals surface area contributed by atoms with Gasteiger partial charge >= 0.3 is 0 Å². The van der Waals surface area contributed by atoms with Gasteiger partial charge in [-0.2, -0.15) is 0 Å². The first kappa shape index (κ1) is 13.7. The van der Waals surface area contributed by atoms with E-state index < -0.39 is 0 Å². The Hall–Kier alpha value is -1.68. The van der Waals surface area contributed by atoms with Crippen LogP contribution in [0.2, 0.25) is 0 Å². The molecule has 2 rings (SSSR count). The van der Waals surface area contributed by atoms with E-state index >= 15 is 0 Å². The van der Waals surface area contributed by atoms with Gasteiger partial charge < -0.3 is 10.2 Å². The molecule has 0 saturated carbocycles. The van der Waals surface area contributed by atoms with Crippen molar-refractivity contribution in [3.8, 4) is 0 Å². The number of nitrogens with zero attached hydrogens (tertiary/aromatic N) is 1. The van der Waals surface area contributed by atoms with Crippen molar-refractivity contribution in [1.82, 2.24) is 5.32 Å². The number of amides is 1. The van der Waals surface area contributed by atoms with Gasteiger partial charge in [0.15, 0.2) is 5.78 Å². The quantitative estimate of drug-likeness (QED) is 0.827. The third kappa shape index (κ3) is 3.20. The molecule has 1 saturated heterocycles. The van der Waals surface area contributed by atoms with E-state index in [1.54, 1.807) is 24.0 Å². The molecule has 1 fully saturated rings. The summed E-state index contributed by atoms with van der Waals surface area (Å²) in [4.78, 5) is 25.4. The maximum Gasteiger partial charge on any atom is 0.243 e. The van der Waals surface area contributed by atoms with Crippen molar-refractivity contribution in [1.29, 1.82) is 0 Å². The van der Waals surface area contributed by atoms with Crippen molar-refractivity contribution in [3.05, 3.63) is 29.8 Å². The number of hydrogen-bond donors (Lipinski definition) is 1. The smallest absolute Gasteiger partial charge is 0.243 e. The molecule has 0 aromatic heterocycles. The summed E-state index contributed by atoms with van der Waals surface area (Å²) >= 11 is 0. The molecule has 19 heavy (non-hydrogen) atoms. The Balaban J connectivity index is 2.21. The van der Waals surface area contributed by atoms with Gasteiger partial charge in [0.2, 0.25) is 5.91 Å². The lowest BCUT2D eigenvalue weighted by atomic mass is 10.1. The van der Waals surface area contributed by atoms with Gasteiger partial charge in [0.05, 0.1) is 6.04 Å². The molecule has 4 nitrogen and oxygen atoms in total. The normalized spacial score (nSPS) is 20.8. The lowest BCUT2D eigenvalue weighted by molar-refractivity contribution is -0.120. The maximum absolute atomic E-state index is 12.3. The number of hydrogen-bond acceptors (Lipinski definition) is 3. The second-order valence-electron chi connectivity index (χ2n) is 4.98. The minimum Gasteiger partial charge on any atom is -0.311 e. The molecular formula is C15H20N2O2. The molecule has 1 amide bonds. The summed E-state index contributed by atoms with van der Waals surface area (Å²) in [6.07, 6.45) is 2.06. The second kappa shape index (κ2) is 5.97. The molecule has 1 N–H and O–H groups in total. The van der Waals surface area contributed by atoms with Crippen LogP contribution in [-0.2, 0) is 4.79 Å². The van der Waals surface area contributed by atoms with Crippen LogP contribution in [0.15, 0.2) is 24.3 Å². The first-order valence-electron chi connectivity index (χ1n) is 6.75. The fraction of sp³-hybridized carbons (Fsp3) is 0.467. The van der Waals surface area contributed by atoms with Crippen molar-refractivity contribution in [2.45, 2.75) is 32.7 Å². The fourth-order valence-corrected chi connectivity index (χ4v) is 2.28. The standard InChI is InChI=1S/C15H20N2O2/c1-11-15(19)17(10-4-3-9-16-11)14-7-5-13(6-8-14)12(2)18/h5-8,11,16H,3-4,9-10H2,1-2H3. The minimum absolute atomic E-state index is 0.0422. The lowest BCUT2D eigenvalue weighted by Crippen LogP contribution is -2.47. The minimum atomic E-state index is -0.159. The van der Waals surface area contributed by atoms with Crippen molar-refractivity contribution < 1.29 is 9.59 Å². The summed E-state index contributed by atoms with van der Waals surface area (Å²) in [5.41, 5.74) is 1.54. The fourth-order valence-electron chi connectivity index (χ4n) is 2.28. The van der Waals surface area contributed by atoms with Gasteiger partial charge in [-0.15, -0.1) is 0 Å². The number of nitrogens with one attached hydrogen (secondary N) is 1. The number of benzene rings is 1. The molecular weight excluding hydrogens is 240 g/mol. The second-order valence-corrected chi connectivity index (χ2v) is 4.98. The maximum atomic E-state index is 12.3. The highest BCUT2D eigenvalue weighted by molar-refractivity contribution is 5.98. The molecule has 1 aliphatic heterocycles. The van der Waals surface area contributed by atoms with Crippen LogP contribution in [0.4, 0.5) is 5.69 Å². The summed E-state index contributed by atoms with van der Waals surface area (Å²) in [6.45, 7) is 5.07. The van der Waals surface area contributed by atoms with E-state index in [1.165, 1.54) is 0 Å². The van der Waals surface area contributed by atoms with E-state index in [0.29, 0.717) is 5.56 Å². The van der Waals surface area contributed by atoms with Gasteiger partial charge in [-0.25, -0.2) is 0 Å². The average molecular weight is 260 g/mol. The van der Waals surface area contributed by atoms with Gasteiger partial charge in [-0.1, -0.05) is 0 Å². The molecule has 102 valence electrons. The predicted octanol–water partition coefficient (Wildman–Crippen LogP) is 1.99. The first-order valence-corrected chi connectivity index (χ1v) is 6.75. The zero-order chi connectivity index (χ0) is 13.8. The van der Waals surface area contributed by atoms with E-state index in [4.69, 9.17) is 0 Å². The van der Waals surface area contributed by atoms with E-state index in [2.05, 4.69) is 5.32 Å². The summed E-state index contributed by atoms with van der Waals surface area (Å²) in [5, 5.41) is 3.22. The highest BCUT2D eigenvalue weighted by Gasteiger charge is 2.23. The van der Waals surface area contributed by atoms with E-state index in [0.717, 1.165) is 31.6 Å². The summed E-state index contributed by atoms with van der Waals surface area (Å²) in [7, 11) is 0.